The van der Waals surface area contributed by atoms with Gasteiger partial charge in [0.05, 0.1) is 17.9 Å². The lowest BCUT2D eigenvalue weighted by Gasteiger charge is -2.27. The molecule has 0 unspecified atom stereocenters. The second kappa shape index (κ2) is 8.85. The van der Waals surface area contributed by atoms with Crippen molar-refractivity contribution in [3.63, 3.8) is 0 Å². The summed E-state index contributed by atoms with van der Waals surface area (Å²) in [7, 11) is 0. The van der Waals surface area contributed by atoms with E-state index in [0.717, 1.165) is 5.69 Å². The molecule has 9 nitrogen and oxygen atoms in total. The second-order valence-corrected chi connectivity index (χ2v) is 7.43. The first-order valence-corrected chi connectivity index (χ1v) is 9.75. The van der Waals surface area contributed by atoms with Crippen molar-refractivity contribution in [1.82, 2.24) is 30.3 Å². The molecule has 1 aromatic heterocycles. The predicted molar refractivity (Wildman–Crippen MR) is 106 cm³/mol. The van der Waals surface area contributed by atoms with Gasteiger partial charge < -0.3 is 5.32 Å². The molecule has 1 aliphatic heterocycles. The van der Waals surface area contributed by atoms with Crippen LogP contribution in [0.4, 0.5) is 0 Å². The SMILES string of the molecule is Cc1nn(-c2ccccc2)nc1C(=O)N1CCCN1C(=O)CNC(=O)CC(C)C. The Morgan fingerprint density at radius 2 is 1.76 bits per heavy atom. The number of hydrogen-bond acceptors (Lipinski definition) is 5. The number of benzene rings is 1. The number of carbonyl (C=O) groups excluding carboxylic acids is 3. The van der Waals surface area contributed by atoms with E-state index in [2.05, 4.69) is 15.5 Å². The van der Waals surface area contributed by atoms with Gasteiger partial charge in [0.2, 0.25) is 5.91 Å². The Balaban J connectivity index is 1.69. The number of hydrogen-bond donors (Lipinski definition) is 1. The highest BCUT2D eigenvalue weighted by molar-refractivity contribution is 5.95. The van der Waals surface area contributed by atoms with E-state index >= 15 is 0 Å². The second-order valence-electron chi connectivity index (χ2n) is 7.43. The van der Waals surface area contributed by atoms with Crippen molar-refractivity contribution in [1.29, 1.82) is 0 Å². The highest BCUT2D eigenvalue weighted by Crippen LogP contribution is 2.17. The fraction of sp³-hybridized carbons (Fsp3) is 0.450. The van der Waals surface area contributed by atoms with E-state index < -0.39 is 0 Å². The summed E-state index contributed by atoms with van der Waals surface area (Å²) in [6.07, 6.45) is 1.03. The zero-order chi connectivity index (χ0) is 21.0. The van der Waals surface area contributed by atoms with E-state index in [-0.39, 0.29) is 35.9 Å². The monoisotopic (exact) mass is 398 g/mol. The molecular formula is C20H26N6O3. The fourth-order valence-electron chi connectivity index (χ4n) is 3.17. The van der Waals surface area contributed by atoms with Crippen LogP contribution in [0, 0.1) is 12.8 Å². The van der Waals surface area contributed by atoms with Crippen molar-refractivity contribution in [2.75, 3.05) is 19.6 Å². The Morgan fingerprint density at radius 1 is 1.07 bits per heavy atom. The van der Waals surface area contributed by atoms with E-state index in [9.17, 15) is 14.4 Å². The number of hydrazine groups is 1. The minimum absolute atomic E-state index is 0.134. The average Bonchev–Trinajstić information content (AvgIpc) is 3.33. The molecule has 0 spiro atoms. The van der Waals surface area contributed by atoms with Gasteiger partial charge in [-0.25, -0.2) is 10.0 Å². The molecule has 0 aliphatic carbocycles. The van der Waals surface area contributed by atoms with E-state index in [1.54, 1.807) is 6.92 Å². The minimum Gasteiger partial charge on any atom is -0.347 e. The van der Waals surface area contributed by atoms with Gasteiger partial charge in [-0.2, -0.15) is 9.90 Å². The molecular weight excluding hydrogens is 372 g/mol. The minimum atomic E-state index is -0.371. The molecule has 3 rings (SSSR count). The maximum atomic E-state index is 13.0. The van der Waals surface area contributed by atoms with Crippen LogP contribution in [0.25, 0.3) is 5.69 Å². The van der Waals surface area contributed by atoms with Crippen LogP contribution in [0.5, 0.6) is 0 Å². The summed E-state index contributed by atoms with van der Waals surface area (Å²) in [5.74, 6) is -0.651. The Labute approximate surface area is 169 Å². The Hall–Kier alpha value is -3.23. The van der Waals surface area contributed by atoms with Crippen LogP contribution in [0.3, 0.4) is 0 Å². The molecule has 2 heterocycles. The average molecular weight is 398 g/mol. The van der Waals surface area contributed by atoms with Gasteiger partial charge in [-0.05, 0) is 31.4 Å². The summed E-state index contributed by atoms with van der Waals surface area (Å²) in [4.78, 5) is 38.8. The lowest BCUT2D eigenvalue weighted by molar-refractivity contribution is -0.141. The smallest absolute Gasteiger partial charge is 0.294 e. The van der Waals surface area contributed by atoms with E-state index in [0.29, 0.717) is 31.6 Å². The van der Waals surface area contributed by atoms with Crippen LogP contribution in [-0.2, 0) is 9.59 Å². The van der Waals surface area contributed by atoms with Crippen molar-refractivity contribution in [2.24, 2.45) is 5.92 Å². The van der Waals surface area contributed by atoms with Gasteiger partial charge in [0, 0.05) is 19.5 Å². The molecule has 1 aliphatic rings. The largest absolute Gasteiger partial charge is 0.347 e. The van der Waals surface area contributed by atoms with Crippen LogP contribution in [0.2, 0.25) is 0 Å². The zero-order valence-corrected chi connectivity index (χ0v) is 17.0. The van der Waals surface area contributed by atoms with Crippen molar-refractivity contribution in [3.05, 3.63) is 41.7 Å². The molecule has 1 aromatic carbocycles. The molecule has 2 aromatic rings. The summed E-state index contributed by atoms with van der Waals surface area (Å²) in [6, 6.07) is 9.31. The summed E-state index contributed by atoms with van der Waals surface area (Å²) in [5, 5.41) is 14.1. The first-order valence-electron chi connectivity index (χ1n) is 9.75. The molecule has 9 heteroatoms. The lowest BCUT2D eigenvalue weighted by Crippen LogP contribution is -2.48. The van der Waals surface area contributed by atoms with Crippen LogP contribution in [0.1, 0.15) is 42.9 Å². The maximum Gasteiger partial charge on any atom is 0.294 e. The number of para-hydroxylation sites is 1. The molecule has 29 heavy (non-hydrogen) atoms. The number of aromatic nitrogens is 3. The van der Waals surface area contributed by atoms with E-state index in [4.69, 9.17) is 0 Å². The van der Waals surface area contributed by atoms with Crippen molar-refractivity contribution < 1.29 is 14.4 Å². The summed E-state index contributed by atoms with van der Waals surface area (Å²) >= 11 is 0. The summed E-state index contributed by atoms with van der Waals surface area (Å²) < 4.78 is 0. The zero-order valence-electron chi connectivity index (χ0n) is 17.0. The third kappa shape index (κ3) is 4.79. The highest BCUT2D eigenvalue weighted by Gasteiger charge is 2.33. The molecule has 0 saturated carbocycles. The predicted octanol–water partition coefficient (Wildman–Crippen LogP) is 1.33. The number of nitrogens with one attached hydrogen (secondary N) is 1. The van der Waals surface area contributed by atoms with Gasteiger partial charge >= 0.3 is 0 Å². The van der Waals surface area contributed by atoms with Crippen molar-refractivity contribution in [3.8, 4) is 5.69 Å². The summed E-state index contributed by atoms with van der Waals surface area (Å²) in [5.41, 5.74) is 1.44. The van der Waals surface area contributed by atoms with Gasteiger partial charge in [0.15, 0.2) is 5.69 Å². The van der Waals surface area contributed by atoms with E-state index in [1.807, 2.05) is 44.2 Å². The van der Waals surface area contributed by atoms with Crippen LogP contribution in [0.15, 0.2) is 30.3 Å². The number of rotatable bonds is 6. The van der Waals surface area contributed by atoms with Crippen LogP contribution >= 0.6 is 0 Å². The molecule has 1 N–H and O–H groups in total. The van der Waals surface area contributed by atoms with Gasteiger partial charge in [-0.3, -0.25) is 14.4 Å². The third-order valence-electron chi connectivity index (χ3n) is 4.56. The molecule has 154 valence electrons. The first kappa shape index (κ1) is 20.5. The molecule has 3 amide bonds. The van der Waals surface area contributed by atoms with Crippen molar-refractivity contribution >= 4 is 17.7 Å². The Bertz CT molecular complexity index is 893. The fourth-order valence-corrected chi connectivity index (χ4v) is 3.17. The van der Waals surface area contributed by atoms with Crippen LogP contribution < -0.4 is 5.32 Å². The van der Waals surface area contributed by atoms with E-state index in [1.165, 1.54) is 14.8 Å². The first-order chi connectivity index (χ1) is 13.9. The van der Waals surface area contributed by atoms with Crippen LogP contribution in [-0.4, -0.2) is 62.4 Å². The van der Waals surface area contributed by atoms with Gasteiger partial charge in [0.25, 0.3) is 11.8 Å². The van der Waals surface area contributed by atoms with Gasteiger partial charge in [-0.1, -0.05) is 32.0 Å². The summed E-state index contributed by atoms with van der Waals surface area (Å²) in [6.45, 7) is 6.30. The number of amides is 3. The quantitative estimate of drug-likeness (QED) is 0.791. The Morgan fingerprint density at radius 3 is 2.45 bits per heavy atom. The number of nitrogens with zero attached hydrogens (tertiary/aromatic N) is 5. The Kier molecular flexibility index (Phi) is 6.26. The highest BCUT2D eigenvalue weighted by atomic mass is 16.2. The molecule has 1 saturated heterocycles. The van der Waals surface area contributed by atoms with Crippen molar-refractivity contribution in [2.45, 2.75) is 33.6 Å². The standard InChI is InChI=1S/C20H26N6O3/c1-14(2)12-17(27)21-13-18(28)24-10-7-11-25(24)20(29)19-15(3)22-26(23-19)16-8-5-4-6-9-16/h4-6,8-9,14H,7,10-13H2,1-3H3,(H,21,27). The van der Waals surface area contributed by atoms with Gasteiger partial charge in [-0.15, -0.1) is 5.10 Å². The van der Waals surface area contributed by atoms with Gasteiger partial charge in [0.1, 0.15) is 0 Å². The third-order valence-corrected chi connectivity index (χ3v) is 4.56. The molecule has 1 fully saturated rings. The number of carbonyl (C=O) groups is 3. The molecule has 0 atom stereocenters. The normalized spacial score (nSPS) is 13.8. The number of aryl methyl sites for hydroxylation is 1. The molecule has 0 radical (unpaired) electrons. The molecule has 0 bridgehead atoms. The lowest BCUT2D eigenvalue weighted by atomic mass is 10.1. The maximum absolute atomic E-state index is 13.0. The topological polar surface area (TPSA) is 100 Å².